The van der Waals surface area contributed by atoms with Crippen molar-refractivity contribution < 1.29 is 24.1 Å². The van der Waals surface area contributed by atoms with Gasteiger partial charge in [0.1, 0.15) is 0 Å². The first-order valence-electron chi connectivity index (χ1n) is 6.10. The first-order chi connectivity index (χ1) is 7.66. The number of unbranched alkanes of at least 4 members (excludes halogenated alkanes) is 4. The van der Waals surface area contributed by atoms with E-state index in [-0.39, 0.29) is 5.78 Å². The van der Waals surface area contributed by atoms with Crippen LogP contribution in [-0.2, 0) is 24.1 Å². The molecular weight excluding hydrogens is 370 g/mol. The number of hydrogen-bond donors (Lipinski definition) is 1. The molecule has 0 spiro atoms. The van der Waals surface area contributed by atoms with Crippen molar-refractivity contribution in [2.24, 2.45) is 0 Å². The Kier molecular flexibility index (Phi) is 11.4. The van der Waals surface area contributed by atoms with Crippen LogP contribution in [0.1, 0.15) is 52.4 Å². The number of allylic oxidation sites excluding steroid dienone is 1. The van der Waals surface area contributed by atoms with E-state index in [0.29, 0.717) is 0 Å². The van der Waals surface area contributed by atoms with Gasteiger partial charge >= 0.3 is 110 Å². The topological polar surface area (TPSA) is 29.1 Å². The van der Waals surface area contributed by atoms with Crippen molar-refractivity contribution >= 4 is 9.81 Å². The summed E-state index contributed by atoms with van der Waals surface area (Å²) in [5, 5.41) is 3.34. The Bertz CT molecular complexity index is 236. The molecular formula is C13H23NOW. The van der Waals surface area contributed by atoms with Gasteiger partial charge in [0, 0.05) is 0 Å². The number of nitrogens with one attached hydrogen (secondary N) is 1. The average molecular weight is 393 g/mol. The van der Waals surface area contributed by atoms with Gasteiger partial charge in [0.15, 0.2) is 0 Å². The van der Waals surface area contributed by atoms with Crippen LogP contribution in [0.25, 0.3) is 0 Å². The molecule has 0 radical (unpaired) electrons. The van der Waals surface area contributed by atoms with Crippen LogP contribution in [-0.4, -0.2) is 16.3 Å². The molecule has 16 heavy (non-hydrogen) atoms. The Hall–Kier alpha value is -0.0717. The molecule has 1 N–H and O–H groups in total. The minimum atomic E-state index is 0.117. The Labute approximate surface area is 110 Å². The molecule has 0 atom stereocenters. The summed E-state index contributed by atoms with van der Waals surface area (Å²) < 4.78 is 1.41. The average Bonchev–Trinajstić information content (AvgIpc) is 2.24. The molecule has 92 valence electrons. The third-order valence-corrected chi connectivity index (χ3v) is 3.53. The van der Waals surface area contributed by atoms with E-state index in [2.05, 4.69) is 12.2 Å². The van der Waals surface area contributed by atoms with Crippen LogP contribution in [0, 0.1) is 0 Å². The second-order valence-corrected chi connectivity index (χ2v) is 5.75. The first kappa shape index (κ1) is 15.9. The summed E-state index contributed by atoms with van der Waals surface area (Å²) in [6.07, 6.45) is 11.4. The number of ketones is 1. The van der Waals surface area contributed by atoms with E-state index in [1.165, 1.54) is 61.9 Å². The van der Waals surface area contributed by atoms with E-state index in [0.717, 1.165) is 6.54 Å². The zero-order chi connectivity index (χ0) is 12.2. The SMILES string of the molecule is CCCCCCC[C](=[W])NC/C=C/C(C)=O. The van der Waals surface area contributed by atoms with E-state index >= 15 is 0 Å². The third-order valence-electron chi connectivity index (χ3n) is 2.28. The van der Waals surface area contributed by atoms with Gasteiger partial charge in [0.05, 0.1) is 0 Å². The second kappa shape index (κ2) is 11.4. The van der Waals surface area contributed by atoms with Crippen LogP contribution < -0.4 is 5.32 Å². The fourth-order valence-electron chi connectivity index (χ4n) is 1.38. The van der Waals surface area contributed by atoms with Gasteiger partial charge in [-0.1, -0.05) is 0 Å². The second-order valence-electron chi connectivity index (χ2n) is 3.98. The van der Waals surface area contributed by atoms with E-state index in [4.69, 9.17) is 0 Å². The van der Waals surface area contributed by atoms with Crippen LogP contribution >= 0.6 is 0 Å². The number of carbonyl (C=O) groups excluding carboxylic acids is 1. The number of hydrogen-bond acceptors (Lipinski definition) is 2. The van der Waals surface area contributed by atoms with Crippen LogP contribution in [0.2, 0.25) is 0 Å². The molecule has 0 aromatic heterocycles. The van der Waals surface area contributed by atoms with E-state index in [1.807, 2.05) is 6.08 Å². The molecule has 0 fully saturated rings. The van der Waals surface area contributed by atoms with Crippen LogP contribution in [0.4, 0.5) is 0 Å². The minimum absolute atomic E-state index is 0.117. The maximum atomic E-state index is 10.6. The molecule has 0 aromatic rings. The molecule has 0 bridgehead atoms. The van der Waals surface area contributed by atoms with Crippen molar-refractivity contribution in [2.45, 2.75) is 52.4 Å². The Morgan fingerprint density at radius 2 is 1.94 bits per heavy atom. The summed E-state index contributed by atoms with van der Waals surface area (Å²) in [4.78, 5) is 10.6. The van der Waals surface area contributed by atoms with Crippen LogP contribution in [0.15, 0.2) is 12.2 Å². The van der Waals surface area contributed by atoms with Gasteiger partial charge in [-0.15, -0.1) is 0 Å². The molecule has 0 amide bonds. The Balaban J connectivity index is 3.34. The van der Waals surface area contributed by atoms with Gasteiger partial charge in [-0.25, -0.2) is 0 Å². The van der Waals surface area contributed by atoms with Crippen molar-refractivity contribution in [1.29, 1.82) is 0 Å². The molecule has 0 aromatic carbocycles. The summed E-state index contributed by atoms with van der Waals surface area (Å²) in [6, 6.07) is 0. The zero-order valence-electron chi connectivity index (χ0n) is 10.4. The van der Waals surface area contributed by atoms with Crippen molar-refractivity contribution in [3.63, 3.8) is 0 Å². The van der Waals surface area contributed by atoms with E-state index < -0.39 is 0 Å². The zero-order valence-corrected chi connectivity index (χ0v) is 13.4. The molecule has 0 aliphatic carbocycles. The summed E-state index contributed by atoms with van der Waals surface area (Å²) in [7, 11) is 0. The maximum absolute atomic E-state index is 10.6. The fraction of sp³-hybridized carbons (Fsp3) is 0.692. The quantitative estimate of drug-likeness (QED) is 0.457. The number of rotatable bonds is 10. The molecule has 0 unspecified atom stereocenters. The first-order valence-corrected chi connectivity index (χ1v) is 7.57. The summed E-state index contributed by atoms with van der Waals surface area (Å²) >= 11 is 1.52. The van der Waals surface area contributed by atoms with E-state index in [9.17, 15) is 4.79 Å². The predicted molar refractivity (Wildman–Crippen MR) is 66.2 cm³/mol. The Morgan fingerprint density at radius 1 is 1.25 bits per heavy atom. The third kappa shape index (κ3) is 12.0. The van der Waals surface area contributed by atoms with Gasteiger partial charge in [-0.05, 0) is 0 Å². The number of carbonyl (C=O) groups is 1. The van der Waals surface area contributed by atoms with Gasteiger partial charge < -0.3 is 0 Å². The van der Waals surface area contributed by atoms with Gasteiger partial charge in [-0.2, -0.15) is 0 Å². The molecule has 0 rings (SSSR count). The Morgan fingerprint density at radius 3 is 2.56 bits per heavy atom. The summed E-state index contributed by atoms with van der Waals surface area (Å²) in [5.41, 5.74) is 0. The van der Waals surface area contributed by atoms with Crippen molar-refractivity contribution in [3.8, 4) is 0 Å². The standard InChI is InChI=1S/C13H23NO.W/c1-3-4-5-6-7-8-11-14-12-9-10-13(2)15;/h9-10,14H,3-8,12H2,1-2H3;/b10-9+;. The molecule has 3 heteroatoms. The molecule has 0 aliphatic rings. The molecule has 0 aliphatic heterocycles. The molecule has 0 saturated carbocycles. The van der Waals surface area contributed by atoms with Crippen molar-refractivity contribution in [2.75, 3.05) is 6.54 Å². The summed E-state index contributed by atoms with van der Waals surface area (Å²) in [5.74, 6) is 0.117. The normalized spacial score (nSPS) is 10.9. The van der Waals surface area contributed by atoms with Gasteiger partial charge in [0.2, 0.25) is 0 Å². The van der Waals surface area contributed by atoms with Crippen molar-refractivity contribution in [1.82, 2.24) is 5.32 Å². The summed E-state index contributed by atoms with van der Waals surface area (Å²) in [6.45, 7) is 4.60. The van der Waals surface area contributed by atoms with Crippen LogP contribution in [0.5, 0.6) is 0 Å². The van der Waals surface area contributed by atoms with Gasteiger partial charge in [-0.3, -0.25) is 0 Å². The molecule has 0 heterocycles. The van der Waals surface area contributed by atoms with E-state index in [1.54, 1.807) is 13.0 Å². The van der Waals surface area contributed by atoms with Crippen molar-refractivity contribution in [3.05, 3.63) is 12.2 Å². The van der Waals surface area contributed by atoms with Gasteiger partial charge in [0.25, 0.3) is 0 Å². The van der Waals surface area contributed by atoms with Crippen LogP contribution in [0.3, 0.4) is 0 Å². The monoisotopic (exact) mass is 393 g/mol. The predicted octanol–water partition coefficient (Wildman–Crippen LogP) is 2.76. The fourth-order valence-corrected chi connectivity index (χ4v) is 2.19. The molecule has 0 saturated heterocycles. The molecule has 2 nitrogen and oxygen atoms in total.